The third-order valence-electron chi connectivity index (χ3n) is 4.55. The molecular formula is C16H19ClO2. The van der Waals surface area contributed by atoms with Crippen LogP contribution in [0.5, 0.6) is 5.75 Å². The predicted octanol–water partition coefficient (Wildman–Crippen LogP) is 4.50. The number of halogens is 1. The molecule has 2 nitrogen and oxygen atoms in total. The number of carbonyl (C=O) groups excluding carboxylic acids is 1. The molecule has 1 aliphatic carbocycles. The smallest absolute Gasteiger partial charge is 0.170 e. The molecule has 1 heterocycles. The molecule has 19 heavy (non-hydrogen) atoms. The summed E-state index contributed by atoms with van der Waals surface area (Å²) in [6, 6.07) is 5.34. The molecule has 0 bridgehead atoms. The normalized spacial score (nSPS) is 32.2. The van der Waals surface area contributed by atoms with Crippen molar-refractivity contribution in [3.8, 4) is 5.75 Å². The van der Waals surface area contributed by atoms with E-state index in [1.165, 1.54) is 0 Å². The van der Waals surface area contributed by atoms with Crippen molar-refractivity contribution in [2.45, 2.75) is 45.6 Å². The van der Waals surface area contributed by atoms with Gasteiger partial charge in [0.25, 0.3) is 0 Å². The highest BCUT2D eigenvalue weighted by Crippen LogP contribution is 2.53. The van der Waals surface area contributed by atoms with Crippen molar-refractivity contribution in [3.63, 3.8) is 0 Å². The number of carbonyl (C=O) groups is 1. The minimum atomic E-state index is -0.318. The maximum absolute atomic E-state index is 12.4. The van der Waals surface area contributed by atoms with E-state index in [4.69, 9.17) is 16.3 Å². The van der Waals surface area contributed by atoms with Crippen LogP contribution in [0.2, 0.25) is 5.02 Å². The number of hydrogen-bond donors (Lipinski definition) is 0. The number of benzene rings is 1. The molecule has 102 valence electrons. The molecule has 3 rings (SSSR count). The lowest BCUT2D eigenvalue weighted by atomic mass is 9.82. The second-order valence-electron chi connectivity index (χ2n) is 6.85. The average molecular weight is 279 g/mol. The Labute approximate surface area is 119 Å². The van der Waals surface area contributed by atoms with Gasteiger partial charge in [0.15, 0.2) is 5.78 Å². The molecule has 0 radical (unpaired) electrons. The van der Waals surface area contributed by atoms with Gasteiger partial charge >= 0.3 is 0 Å². The molecule has 1 spiro atoms. The summed E-state index contributed by atoms with van der Waals surface area (Å²) in [7, 11) is 0. The average Bonchev–Trinajstić information content (AvgIpc) is 2.49. The lowest BCUT2D eigenvalue weighted by molar-refractivity contribution is 0.0138. The molecule has 0 N–H and O–H groups in total. The Hall–Kier alpha value is -1.02. The van der Waals surface area contributed by atoms with E-state index in [-0.39, 0.29) is 16.8 Å². The maximum atomic E-state index is 12.4. The summed E-state index contributed by atoms with van der Waals surface area (Å²) in [5.41, 5.74) is 0.556. The molecule has 1 aromatic rings. The molecule has 0 aromatic heterocycles. The summed E-state index contributed by atoms with van der Waals surface area (Å²) in [4.78, 5) is 12.4. The van der Waals surface area contributed by atoms with Gasteiger partial charge < -0.3 is 4.74 Å². The predicted molar refractivity (Wildman–Crippen MR) is 75.9 cm³/mol. The lowest BCUT2D eigenvalue weighted by Crippen LogP contribution is -2.44. The van der Waals surface area contributed by atoms with Crippen LogP contribution in [0.4, 0.5) is 0 Å². The molecule has 2 unspecified atom stereocenters. The first-order chi connectivity index (χ1) is 8.81. The van der Waals surface area contributed by atoms with Crippen molar-refractivity contribution in [2.24, 2.45) is 11.3 Å². The number of Topliss-reactive ketones (excluding diaryl/α,β-unsaturated/α-hetero) is 1. The Bertz CT molecular complexity index is 550. The highest BCUT2D eigenvalue weighted by molar-refractivity contribution is 6.31. The number of ether oxygens (including phenoxy) is 1. The minimum Gasteiger partial charge on any atom is -0.486 e. The van der Waals surface area contributed by atoms with Crippen LogP contribution in [0.25, 0.3) is 0 Å². The van der Waals surface area contributed by atoms with Gasteiger partial charge in [-0.3, -0.25) is 4.79 Å². The zero-order valence-electron chi connectivity index (χ0n) is 11.6. The van der Waals surface area contributed by atoms with Gasteiger partial charge in [0.2, 0.25) is 0 Å². The largest absolute Gasteiger partial charge is 0.486 e. The number of fused-ring (bicyclic) bond motifs is 1. The molecule has 1 aliphatic heterocycles. The van der Waals surface area contributed by atoms with Crippen LogP contribution >= 0.6 is 11.6 Å². The monoisotopic (exact) mass is 278 g/mol. The van der Waals surface area contributed by atoms with Crippen LogP contribution in [-0.4, -0.2) is 11.4 Å². The van der Waals surface area contributed by atoms with E-state index in [9.17, 15) is 4.79 Å². The molecular weight excluding hydrogens is 260 g/mol. The van der Waals surface area contributed by atoms with Crippen LogP contribution < -0.4 is 4.74 Å². The maximum Gasteiger partial charge on any atom is 0.170 e. The van der Waals surface area contributed by atoms with Gasteiger partial charge in [-0.2, -0.15) is 0 Å². The first-order valence-electron chi connectivity index (χ1n) is 6.83. The van der Waals surface area contributed by atoms with Gasteiger partial charge in [0.1, 0.15) is 11.4 Å². The van der Waals surface area contributed by atoms with E-state index in [2.05, 4.69) is 20.8 Å². The fourth-order valence-electron chi connectivity index (χ4n) is 3.88. The summed E-state index contributed by atoms with van der Waals surface area (Å²) in [5, 5.41) is 0.589. The standard InChI is InChI=1S/C16H19ClO2/c1-10-7-15(2,3)9-16(10)8-13(18)12-6-11(17)4-5-14(12)19-16/h4-6,10H,7-9H2,1-3H3. The molecule has 0 saturated heterocycles. The zero-order valence-corrected chi connectivity index (χ0v) is 12.4. The SMILES string of the molecule is CC1CC(C)(C)CC12CC(=O)c1cc(Cl)ccc1O2. The Morgan fingerprint density at radius 1 is 1.37 bits per heavy atom. The molecule has 1 fully saturated rings. The summed E-state index contributed by atoms with van der Waals surface area (Å²) in [6.45, 7) is 6.70. The van der Waals surface area contributed by atoms with Crippen molar-refractivity contribution in [1.29, 1.82) is 0 Å². The molecule has 1 aromatic carbocycles. The Balaban J connectivity index is 2.02. The first-order valence-corrected chi connectivity index (χ1v) is 7.21. The highest BCUT2D eigenvalue weighted by atomic mass is 35.5. The molecule has 2 aliphatic rings. The van der Waals surface area contributed by atoms with Crippen molar-refractivity contribution < 1.29 is 9.53 Å². The molecule has 3 heteroatoms. The molecule has 2 atom stereocenters. The van der Waals surface area contributed by atoms with Gasteiger partial charge in [-0.1, -0.05) is 32.4 Å². The van der Waals surface area contributed by atoms with E-state index in [0.717, 1.165) is 12.8 Å². The highest BCUT2D eigenvalue weighted by Gasteiger charge is 2.53. The second-order valence-corrected chi connectivity index (χ2v) is 7.29. The Morgan fingerprint density at radius 3 is 2.74 bits per heavy atom. The fraction of sp³-hybridized carbons (Fsp3) is 0.562. The van der Waals surface area contributed by atoms with Crippen LogP contribution in [0.3, 0.4) is 0 Å². The minimum absolute atomic E-state index is 0.160. The van der Waals surface area contributed by atoms with Gasteiger partial charge in [-0.25, -0.2) is 0 Å². The molecule has 1 saturated carbocycles. The summed E-state index contributed by atoms with van der Waals surface area (Å²) < 4.78 is 6.27. The van der Waals surface area contributed by atoms with Crippen molar-refractivity contribution in [2.75, 3.05) is 0 Å². The number of ketones is 1. The summed E-state index contributed by atoms with van der Waals surface area (Å²) in [5.74, 6) is 1.26. The van der Waals surface area contributed by atoms with Gasteiger partial charge in [-0.05, 0) is 42.4 Å². The first kappa shape index (κ1) is 13.0. The summed E-state index contributed by atoms with van der Waals surface area (Å²) in [6.07, 6.45) is 2.52. The van der Waals surface area contributed by atoms with E-state index in [0.29, 0.717) is 28.7 Å². The van der Waals surface area contributed by atoms with Gasteiger partial charge in [0.05, 0.1) is 12.0 Å². The van der Waals surface area contributed by atoms with Crippen molar-refractivity contribution >= 4 is 17.4 Å². The third-order valence-corrected chi connectivity index (χ3v) is 4.78. The Morgan fingerprint density at radius 2 is 2.11 bits per heavy atom. The van der Waals surface area contributed by atoms with Crippen LogP contribution in [-0.2, 0) is 0 Å². The molecule has 0 amide bonds. The third kappa shape index (κ3) is 2.06. The van der Waals surface area contributed by atoms with E-state index in [1.54, 1.807) is 12.1 Å². The second kappa shape index (κ2) is 3.99. The number of hydrogen-bond acceptors (Lipinski definition) is 2. The van der Waals surface area contributed by atoms with Crippen LogP contribution in [0.1, 0.15) is 50.4 Å². The van der Waals surface area contributed by atoms with Crippen molar-refractivity contribution in [1.82, 2.24) is 0 Å². The van der Waals surface area contributed by atoms with Crippen LogP contribution in [0, 0.1) is 11.3 Å². The topological polar surface area (TPSA) is 26.3 Å². The van der Waals surface area contributed by atoms with E-state index in [1.807, 2.05) is 6.07 Å². The number of rotatable bonds is 0. The summed E-state index contributed by atoms with van der Waals surface area (Å²) >= 11 is 5.96. The lowest BCUT2D eigenvalue weighted by Gasteiger charge is -2.38. The van der Waals surface area contributed by atoms with Gasteiger partial charge in [0, 0.05) is 5.02 Å². The zero-order chi connectivity index (χ0) is 13.8. The Kier molecular flexibility index (Phi) is 2.72. The van der Waals surface area contributed by atoms with E-state index < -0.39 is 0 Å². The van der Waals surface area contributed by atoms with E-state index >= 15 is 0 Å². The van der Waals surface area contributed by atoms with Crippen LogP contribution in [0.15, 0.2) is 18.2 Å². The van der Waals surface area contributed by atoms with Gasteiger partial charge in [-0.15, -0.1) is 0 Å². The van der Waals surface area contributed by atoms with Crippen molar-refractivity contribution in [3.05, 3.63) is 28.8 Å². The fourth-order valence-corrected chi connectivity index (χ4v) is 4.05. The quantitative estimate of drug-likeness (QED) is 0.698.